The molecule has 1 N–H and O–H groups in total. The van der Waals surface area contributed by atoms with Crippen molar-refractivity contribution in [2.75, 3.05) is 37.7 Å². The fourth-order valence-corrected chi connectivity index (χ4v) is 4.20. The number of anilines is 1. The average Bonchev–Trinajstić information content (AvgIpc) is 3.56. The molecular formula is C22H23FN6O6. The zero-order valence-electron chi connectivity index (χ0n) is 18.7. The fraction of sp³-hybridized carbons (Fsp3) is 0.409. The maximum Gasteiger partial charge on any atom is 0.511 e. The van der Waals surface area contributed by atoms with Crippen molar-refractivity contribution < 1.29 is 28.6 Å². The number of carbonyl (C=O) groups excluding carboxylic acids is 1. The van der Waals surface area contributed by atoms with Crippen molar-refractivity contribution in [2.45, 2.75) is 25.4 Å². The Kier molecular flexibility index (Phi) is 5.97. The highest BCUT2D eigenvalue weighted by atomic mass is 19.1. The van der Waals surface area contributed by atoms with Crippen LogP contribution in [-0.4, -0.2) is 74.6 Å². The number of carboxylic acid groups (broad SMARTS) is 1. The lowest BCUT2D eigenvalue weighted by Gasteiger charge is -2.35. The molecule has 35 heavy (non-hydrogen) atoms. The Morgan fingerprint density at radius 3 is 2.60 bits per heavy atom. The lowest BCUT2D eigenvalue weighted by Crippen LogP contribution is -2.49. The smallest absolute Gasteiger partial charge is 0.449 e. The summed E-state index contributed by atoms with van der Waals surface area (Å²) < 4.78 is 28.4. The Balaban J connectivity index is 1.31. The van der Waals surface area contributed by atoms with E-state index in [1.807, 2.05) is 4.90 Å². The number of hydrogen-bond acceptors (Lipinski definition) is 8. The van der Waals surface area contributed by atoms with Crippen LogP contribution in [0.1, 0.15) is 18.9 Å². The molecule has 1 saturated carbocycles. The van der Waals surface area contributed by atoms with Crippen LogP contribution in [0.3, 0.4) is 0 Å². The van der Waals surface area contributed by atoms with Crippen LogP contribution in [0, 0.1) is 5.82 Å². The Bertz CT molecular complexity index is 1310. The van der Waals surface area contributed by atoms with Crippen LogP contribution in [0.4, 0.5) is 19.7 Å². The third-order valence-electron chi connectivity index (χ3n) is 6.10. The number of carbonyl (C=O) groups is 2. The second kappa shape index (κ2) is 9.24. The first-order chi connectivity index (χ1) is 16.9. The first-order valence-electron chi connectivity index (χ1n) is 11.2. The van der Waals surface area contributed by atoms with Crippen molar-refractivity contribution in [2.24, 2.45) is 0 Å². The highest BCUT2D eigenvalue weighted by Gasteiger charge is 2.29. The minimum absolute atomic E-state index is 0.0616. The number of benzene rings is 1. The number of ether oxygens (including phenoxy) is 2. The summed E-state index contributed by atoms with van der Waals surface area (Å²) >= 11 is 0. The van der Waals surface area contributed by atoms with Crippen molar-refractivity contribution in [3.05, 3.63) is 46.8 Å². The largest absolute Gasteiger partial charge is 0.511 e. The monoisotopic (exact) mass is 486 g/mol. The summed E-state index contributed by atoms with van der Waals surface area (Å²) in [5.74, 6) is -0.951. The molecule has 12 nitrogen and oxygen atoms in total. The van der Waals surface area contributed by atoms with Crippen molar-refractivity contribution in [1.29, 1.82) is 0 Å². The van der Waals surface area contributed by atoms with Crippen LogP contribution in [0.5, 0.6) is 5.75 Å². The summed E-state index contributed by atoms with van der Waals surface area (Å²) in [5, 5.41) is 16.5. The molecule has 0 radical (unpaired) electrons. The van der Waals surface area contributed by atoms with Crippen molar-refractivity contribution in [3.63, 3.8) is 0 Å². The molecule has 0 bridgehead atoms. The normalized spacial score (nSPS) is 15.9. The molecule has 1 amide bonds. The number of fused-ring (bicyclic) bond motifs is 1. The summed E-state index contributed by atoms with van der Waals surface area (Å²) in [5.41, 5.74) is 0.155. The highest BCUT2D eigenvalue weighted by Crippen LogP contribution is 2.39. The van der Waals surface area contributed by atoms with Gasteiger partial charge in [0.2, 0.25) is 5.43 Å². The van der Waals surface area contributed by atoms with Crippen molar-refractivity contribution in [1.82, 2.24) is 24.5 Å². The van der Waals surface area contributed by atoms with E-state index in [0.29, 0.717) is 43.9 Å². The first kappa shape index (κ1) is 22.6. The lowest BCUT2D eigenvalue weighted by atomic mass is 10.1. The second-order valence-corrected chi connectivity index (χ2v) is 8.40. The molecule has 0 spiro atoms. The molecule has 1 aliphatic carbocycles. The van der Waals surface area contributed by atoms with E-state index in [1.165, 1.54) is 6.20 Å². The standard InChI is InChI=1S/C22H23FN6O6/c23-16-11-15-17(29(14-1-2-14)13-19(20(15)30)35-22(32)33)12-18(16)26-5-7-27(8-6-26)21(31)34-10-9-28-4-3-24-25-28/h3-4,11-14H,1-2,5-10H2,(H,32,33). The van der Waals surface area contributed by atoms with Gasteiger partial charge in [0, 0.05) is 38.4 Å². The minimum Gasteiger partial charge on any atom is -0.449 e. The highest BCUT2D eigenvalue weighted by molar-refractivity contribution is 5.85. The maximum atomic E-state index is 15.1. The van der Waals surface area contributed by atoms with Crippen LogP contribution in [-0.2, 0) is 11.3 Å². The van der Waals surface area contributed by atoms with Crippen LogP contribution in [0.15, 0.2) is 35.5 Å². The topological polar surface area (TPSA) is 132 Å². The Hall–Kier alpha value is -4.16. The van der Waals surface area contributed by atoms with Gasteiger partial charge in [-0.25, -0.2) is 18.7 Å². The van der Waals surface area contributed by atoms with Gasteiger partial charge in [-0.2, -0.15) is 0 Å². The van der Waals surface area contributed by atoms with Gasteiger partial charge in [0.15, 0.2) is 5.75 Å². The fourth-order valence-electron chi connectivity index (χ4n) is 4.20. The quantitative estimate of drug-likeness (QED) is 0.520. The van der Waals surface area contributed by atoms with E-state index < -0.39 is 23.5 Å². The predicted octanol–water partition coefficient (Wildman–Crippen LogP) is 2.08. The van der Waals surface area contributed by atoms with Gasteiger partial charge in [0.05, 0.1) is 35.5 Å². The Morgan fingerprint density at radius 1 is 1.17 bits per heavy atom. The van der Waals surface area contributed by atoms with Gasteiger partial charge in [-0.3, -0.25) is 4.79 Å². The Morgan fingerprint density at radius 2 is 1.94 bits per heavy atom. The number of aromatic nitrogens is 4. The van der Waals surface area contributed by atoms with Gasteiger partial charge in [-0.05, 0) is 25.0 Å². The number of piperazine rings is 1. The van der Waals surface area contributed by atoms with E-state index in [0.717, 1.165) is 18.9 Å². The van der Waals surface area contributed by atoms with Crippen LogP contribution < -0.4 is 15.1 Å². The summed E-state index contributed by atoms with van der Waals surface area (Å²) in [7, 11) is 0. The first-order valence-corrected chi connectivity index (χ1v) is 11.2. The third kappa shape index (κ3) is 4.74. The Labute approximate surface area is 198 Å². The van der Waals surface area contributed by atoms with Gasteiger partial charge in [-0.15, -0.1) is 5.10 Å². The summed E-state index contributed by atoms with van der Waals surface area (Å²) in [4.78, 5) is 39.4. The van der Waals surface area contributed by atoms with Crippen LogP contribution in [0.2, 0.25) is 0 Å². The number of rotatable bonds is 6. The molecule has 1 saturated heterocycles. The van der Waals surface area contributed by atoms with Crippen LogP contribution in [0.25, 0.3) is 10.9 Å². The lowest BCUT2D eigenvalue weighted by molar-refractivity contribution is 0.0959. The molecule has 1 aliphatic heterocycles. The maximum absolute atomic E-state index is 15.1. The predicted molar refractivity (Wildman–Crippen MR) is 120 cm³/mol. The van der Waals surface area contributed by atoms with Gasteiger partial charge < -0.3 is 28.9 Å². The molecule has 0 atom stereocenters. The van der Waals surface area contributed by atoms with E-state index in [-0.39, 0.29) is 23.8 Å². The zero-order valence-corrected chi connectivity index (χ0v) is 18.7. The third-order valence-corrected chi connectivity index (χ3v) is 6.10. The number of halogens is 1. The number of pyridine rings is 1. The molecule has 184 valence electrons. The molecule has 2 aliphatic rings. The molecule has 1 aromatic carbocycles. The summed E-state index contributed by atoms with van der Waals surface area (Å²) in [6, 6.07) is 2.84. The number of nitrogens with zero attached hydrogens (tertiary/aromatic N) is 6. The van der Waals surface area contributed by atoms with Gasteiger partial charge >= 0.3 is 12.2 Å². The van der Waals surface area contributed by atoms with Crippen molar-refractivity contribution >= 4 is 28.8 Å². The van der Waals surface area contributed by atoms with Gasteiger partial charge in [-0.1, -0.05) is 5.21 Å². The number of amides is 1. The summed E-state index contributed by atoms with van der Waals surface area (Å²) in [6.45, 7) is 2.02. The number of hydrogen-bond donors (Lipinski definition) is 1. The molecule has 3 heterocycles. The van der Waals surface area contributed by atoms with Crippen LogP contribution >= 0.6 is 0 Å². The SMILES string of the molecule is O=C(O)Oc1cn(C2CC2)c2cc(N3CCN(C(=O)OCCn4ccnn4)CC3)c(F)cc2c1=O. The van der Waals surface area contributed by atoms with Gasteiger partial charge in [0.1, 0.15) is 12.4 Å². The van der Waals surface area contributed by atoms with E-state index in [1.54, 1.807) is 32.6 Å². The molecular weight excluding hydrogens is 463 g/mol. The minimum atomic E-state index is -1.60. The van der Waals surface area contributed by atoms with Crippen molar-refractivity contribution in [3.8, 4) is 5.75 Å². The molecule has 13 heteroatoms. The van der Waals surface area contributed by atoms with Gasteiger partial charge in [0.25, 0.3) is 0 Å². The van der Waals surface area contributed by atoms with E-state index >= 15 is 4.39 Å². The summed E-state index contributed by atoms with van der Waals surface area (Å²) in [6.07, 6.45) is 4.29. The molecule has 2 fully saturated rings. The molecule has 3 aromatic rings. The molecule has 0 unspecified atom stereocenters. The average molecular weight is 486 g/mol. The van der Waals surface area contributed by atoms with E-state index in [2.05, 4.69) is 15.0 Å². The second-order valence-electron chi connectivity index (χ2n) is 8.40. The molecule has 5 rings (SSSR count). The molecule has 2 aromatic heterocycles. The van der Waals surface area contributed by atoms with E-state index in [4.69, 9.17) is 9.84 Å². The zero-order chi connectivity index (χ0) is 24.5. The van der Waals surface area contributed by atoms with E-state index in [9.17, 15) is 14.4 Å².